The van der Waals surface area contributed by atoms with Gasteiger partial charge >= 0.3 is 0 Å². The van der Waals surface area contributed by atoms with E-state index in [9.17, 15) is 4.79 Å². The molecule has 8 heteroatoms. The van der Waals surface area contributed by atoms with E-state index in [1.807, 2.05) is 18.2 Å². The molecule has 1 fully saturated rings. The van der Waals surface area contributed by atoms with E-state index in [4.69, 9.17) is 4.74 Å². The van der Waals surface area contributed by atoms with Crippen LogP contribution < -0.4 is 15.4 Å². The number of nitrogens with zero attached hydrogens (tertiary/aromatic N) is 3. The number of rotatable bonds is 6. The van der Waals surface area contributed by atoms with Crippen LogP contribution in [0, 0.1) is 0 Å². The van der Waals surface area contributed by atoms with Crippen molar-refractivity contribution >= 4 is 12.3 Å². The van der Waals surface area contributed by atoms with E-state index in [0.717, 1.165) is 29.9 Å². The smallest absolute Gasteiger partial charge is 0.298 e. The second-order valence-electron chi connectivity index (χ2n) is 9.32. The Balaban J connectivity index is 1.54. The molecule has 0 atom stereocenters. The molecule has 4 rings (SSSR count). The van der Waals surface area contributed by atoms with Gasteiger partial charge in [0.15, 0.2) is 0 Å². The minimum Gasteiger partial charge on any atom is -0.428 e. The molecule has 1 aliphatic rings. The maximum absolute atomic E-state index is 11.0. The Morgan fingerprint density at radius 1 is 1.10 bits per heavy atom. The molecule has 0 unspecified atom stereocenters. The zero-order valence-electron chi connectivity index (χ0n) is 18.3. The molecule has 2 aromatic heterocycles. The number of anilines is 1. The summed E-state index contributed by atoms with van der Waals surface area (Å²) in [6.45, 7) is 9.30. The number of piperidine rings is 1. The van der Waals surface area contributed by atoms with Crippen LogP contribution in [0.3, 0.4) is 0 Å². The second-order valence-corrected chi connectivity index (χ2v) is 9.32. The molecule has 8 nitrogen and oxygen atoms in total. The molecule has 0 spiro atoms. The van der Waals surface area contributed by atoms with Crippen molar-refractivity contribution in [2.24, 2.45) is 0 Å². The van der Waals surface area contributed by atoms with Gasteiger partial charge in [-0.2, -0.15) is 5.10 Å². The van der Waals surface area contributed by atoms with Crippen molar-refractivity contribution in [3.8, 4) is 28.3 Å². The predicted octanol–water partition coefficient (Wildman–Crippen LogP) is 3.79. The zero-order chi connectivity index (χ0) is 22.1. The quantitative estimate of drug-likeness (QED) is 0.521. The van der Waals surface area contributed by atoms with Crippen molar-refractivity contribution in [2.45, 2.75) is 57.7 Å². The summed E-state index contributed by atoms with van der Waals surface area (Å²) in [5.74, 6) is 1.15. The Kier molecular flexibility index (Phi) is 5.49. The molecule has 1 saturated heterocycles. The molecule has 0 radical (unpaired) electrons. The van der Waals surface area contributed by atoms with E-state index in [0.29, 0.717) is 29.5 Å². The van der Waals surface area contributed by atoms with Gasteiger partial charge in [-0.3, -0.25) is 14.9 Å². The molecule has 1 aliphatic heterocycles. The lowest BCUT2D eigenvalue weighted by Gasteiger charge is -2.46. The third kappa shape index (κ3) is 4.91. The van der Waals surface area contributed by atoms with Gasteiger partial charge in [-0.05, 0) is 58.7 Å². The van der Waals surface area contributed by atoms with Crippen molar-refractivity contribution in [1.29, 1.82) is 0 Å². The van der Waals surface area contributed by atoms with Crippen LogP contribution in [0.5, 0.6) is 5.75 Å². The van der Waals surface area contributed by atoms with Gasteiger partial charge in [0.1, 0.15) is 11.6 Å². The van der Waals surface area contributed by atoms with E-state index >= 15 is 0 Å². The molecule has 3 heterocycles. The largest absolute Gasteiger partial charge is 0.428 e. The highest BCUT2D eigenvalue weighted by molar-refractivity contribution is 5.74. The number of benzene rings is 1. The summed E-state index contributed by atoms with van der Waals surface area (Å²) < 4.78 is 5.22. The number of H-pyrrole nitrogens is 1. The molecule has 31 heavy (non-hydrogen) atoms. The summed E-state index contributed by atoms with van der Waals surface area (Å²) in [4.78, 5) is 20.2. The number of nitrogens with one attached hydrogen (secondary N) is 3. The minimum atomic E-state index is 0.0459. The van der Waals surface area contributed by atoms with Crippen molar-refractivity contribution in [2.75, 3.05) is 5.32 Å². The van der Waals surface area contributed by atoms with Gasteiger partial charge in [-0.15, -0.1) is 0 Å². The van der Waals surface area contributed by atoms with E-state index in [2.05, 4.69) is 58.5 Å². The van der Waals surface area contributed by atoms with Gasteiger partial charge in [-0.25, -0.2) is 4.98 Å². The Morgan fingerprint density at radius 3 is 2.48 bits per heavy atom. The summed E-state index contributed by atoms with van der Waals surface area (Å²) in [5, 5.41) is 14.1. The maximum Gasteiger partial charge on any atom is 0.298 e. The van der Waals surface area contributed by atoms with Crippen molar-refractivity contribution in [3.05, 3.63) is 42.9 Å². The number of hydrogen-bond donors (Lipinski definition) is 3. The summed E-state index contributed by atoms with van der Waals surface area (Å²) in [7, 11) is 0. The lowest BCUT2D eigenvalue weighted by molar-refractivity contribution is -0.120. The highest BCUT2D eigenvalue weighted by Crippen LogP contribution is 2.33. The topological polar surface area (TPSA) is 105 Å². The molecule has 0 amide bonds. The first-order chi connectivity index (χ1) is 14.7. The summed E-state index contributed by atoms with van der Waals surface area (Å²) in [6.07, 6.45) is 7.08. The van der Waals surface area contributed by atoms with E-state index in [1.54, 1.807) is 24.7 Å². The maximum atomic E-state index is 11.0. The Bertz CT molecular complexity index is 1030. The normalized spacial score (nSPS) is 17.8. The first kappa shape index (κ1) is 21.0. The Hall–Kier alpha value is -3.26. The molecule has 1 aromatic carbocycles. The third-order valence-corrected chi connectivity index (χ3v) is 5.44. The van der Waals surface area contributed by atoms with Gasteiger partial charge in [0.05, 0.1) is 23.8 Å². The molecular formula is C23H28N6O2. The standard InChI is InChI=1S/C23H28N6O2/c1-22(2)10-16(11-23(3,4)29-22)27-21-13-24-19(12-25-21)17-6-5-15(9-20(17)31-14-30)18-7-8-26-28-18/h5-9,12-14,16,29H,10-11H2,1-4H3,(H,25,27)(H,26,28). The molecule has 0 aliphatic carbocycles. The van der Waals surface area contributed by atoms with E-state index in [1.165, 1.54) is 0 Å². The lowest BCUT2D eigenvalue weighted by Crippen LogP contribution is -2.60. The molecule has 162 valence electrons. The minimum absolute atomic E-state index is 0.0459. The second kappa shape index (κ2) is 8.11. The fraction of sp³-hybridized carbons (Fsp3) is 0.391. The summed E-state index contributed by atoms with van der Waals surface area (Å²) >= 11 is 0. The molecular weight excluding hydrogens is 392 g/mol. The van der Waals surface area contributed by atoms with Crippen molar-refractivity contribution < 1.29 is 9.53 Å². The monoisotopic (exact) mass is 420 g/mol. The van der Waals surface area contributed by atoms with Gasteiger partial charge in [0.2, 0.25) is 0 Å². The zero-order valence-corrected chi connectivity index (χ0v) is 18.3. The molecule has 0 saturated carbocycles. The van der Waals surface area contributed by atoms with Crippen LogP contribution in [0.4, 0.5) is 5.82 Å². The van der Waals surface area contributed by atoms with Crippen LogP contribution in [0.25, 0.3) is 22.5 Å². The fourth-order valence-corrected chi connectivity index (χ4v) is 4.64. The molecule has 3 N–H and O–H groups in total. The van der Waals surface area contributed by atoms with Crippen LogP contribution >= 0.6 is 0 Å². The third-order valence-electron chi connectivity index (χ3n) is 5.44. The highest BCUT2D eigenvalue weighted by Gasteiger charge is 2.37. The lowest BCUT2D eigenvalue weighted by atomic mass is 9.79. The number of ether oxygens (including phenoxy) is 1. The Morgan fingerprint density at radius 2 is 1.87 bits per heavy atom. The average Bonchev–Trinajstić information content (AvgIpc) is 3.21. The number of carbonyl (C=O) groups excluding carboxylic acids is 1. The fourth-order valence-electron chi connectivity index (χ4n) is 4.64. The van der Waals surface area contributed by atoms with Crippen molar-refractivity contribution in [1.82, 2.24) is 25.5 Å². The van der Waals surface area contributed by atoms with Crippen LogP contribution in [-0.4, -0.2) is 43.8 Å². The summed E-state index contributed by atoms with van der Waals surface area (Å²) in [5.41, 5.74) is 3.11. The first-order valence-electron chi connectivity index (χ1n) is 10.4. The average molecular weight is 421 g/mol. The predicted molar refractivity (Wildman–Crippen MR) is 120 cm³/mol. The number of hydrogen-bond acceptors (Lipinski definition) is 7. The van der Waals surface area contributed by atoms with Crippen LogP contribution in [0.2, 0.25) is 0 Å². The number of aromatic amines is 1. The highest BCUT2D eigenvalue weighted by atomic mass is 16.5. The van der Waals surface area contributed by atoms with Gasteiger partial charge in [0.25, 0.3) is 6.47 Å². The van der Waals surface area contributed by atoms with Gasteiger partial charge in [0, 0.05) is 34.4 Å². The van der Waals surface area contributed by atoms with Crippen LogP contribution in [-0.2, 0) is 4.79 Å². The van der Waals surface area contributed by atoms with Crippen molar-refractivity contribution in [3.63, 3.8) is 0 Å². The van der Waals surface area contributed by atoms with Gasteiger partial charge in [-0.1, -0.05) is 6.07 Å². The van der Waals surface area contributed by atoms with Crippen LogP contribution in [0.1, 0.15) is 40.5 Å². The SMILES string of the molecule is CC1(C)CC(Nc2cnc(-c3ccc(-c4ccn[nH]4)cc3OC=O)cn2)CC(C)(C)N1. The van der Waals surface area contributed by atoms with E-state index in [-0.39, 0.29) is 11.1 Å². The number of carbonyl (C=O) groups is 1. The Labute approximate surface area is 181 Å². The van der Waals surface area contributed by atoms with E-state index < -0.39 is 0 Å². The summed E-state index contributed by atoms with van der Waals surface area (Å²) in [6, 6.07) is 7.72. The van der Waals surface area contributed by atoms with Crippen LogP contribution in [0.15, 0.2) is 42.9 Å². The molecule has 3 aromatic rings. The molecule has 0 bridgehead atoms. The van der Waals surface area contributed by atoms with Gasteiger partial charge < -0.3 is 15.4 Å². The number of aromatic nitrogens is 4. The first-order valence-corrected chi connectivity index (χ1v) is 10.4.